The lowest BCUT2D eigenvalue weighted by molar-refractivity contribution is -0.133. The molecule has 0 radical (unpaired) electrons. The Morgan fingerprint density at radius 3 is 3.00 bits per heavy atom. The second-order valence-corrected chi connectivity index (χ2v) is 6.91. The Morgan fingerprint density at radius 2 is 2.35 bits per heavy atom. The number of aromatic amines is 1. The number of nitrogens with zero attached hydrogens (tertiary/aromatic N) is 2. The van der Waals surface area contributed by atoms with E-state index >= 15 is 0 Å². The number of primary amides is 1. The predicted molar refractivity (Wildman–Crippen MR) is 88.4 cm³/mol. The van der Waals surface area contributed by atoms with Crippen LogP contribution < -0.4 is 5.73 Å². The van der Waals surface area contributed by atoms with E-state index < -0.39 is 5.91 Å². The number of piperidine rings is 1. The summed E-state index contributed by atoms with van der Waals surface area (Å²) in [5, 5.41) is 8.82. The van der Waals surface area contributed by atoms with Crippen molar-refractivity contribution in [1.29, 1.82) is 0 Å². The number of rotatable bonds is 4. The summed E-state index contributed by atoms with van der Waals surface area (Å²) >= 11 is 1.61. The molecular weight excluding hydrogens is 312 g/mol. The average molecular weight is 332 g/mol. The number of likely N-dealkylation sites (tertiary alicyclic amines) is 1. The Kier molecular flexibility index (Phi) is 4.47. The van der Waals surface area contributed by atoms with Crippen molar-refractivity contribution in [2.24, 2.45) is 5.73 Å². The minimum Gasteiger partial charge on any atom is -0.364 e. The van der Waals surface area contributed by atoms with Gasteiger partial charge in [-0.25, -0.2) is 0 Å². The predicted octanol–water partition coefficient (Wildman–Crippen LogP) is 2.08. The molecule has 0 aromatic carbocycles. The second-order valence-electron chi connectivity index (χ2n) is 5.93. The summed E-state index contributed by atoms with van der Waals surface area (Å²) in [4.78, 5) is 26.9. The first-order valence-corrected chi connectivity index (χ1v) is 8.61. The SMILES string of the molecule is C[C@@H](C(=O)N1CCC[C@@H](c2cc(C(N)=O)n[nH]2)C1)c1cccs1. The van der Waals surface area contributed by atoms with E-state index in [2.05, 4.69) is 10.2 Å². The topological polar surface area (TPSA) is 92.1 Å². The summed E-state index contributed by atoms with van der Waals surface area (Å²) in [5.74, 6) is -0.324. The van der Waals surface area contributed by atoms with E-state index in [-0.39, 0.29) is 23.4 Å². The van der Waals surface area contributed by atoms with Gasteiger partial charge in [-0.1, -0.05) is 6.07 Å². The molecule has 0 unspecified atom stereocenters. The number of hydrogen-bond acceptors (Lipinski definition) is 4. The highest BCUT2D eigenvalue weighted by Crippen LogP contribution is 2.29. The summed E-state index contributed by atoms with van der Waals surface area (Å²) in [5.41, 5.74) is 6.36. The Bertz CT molecular complexity index is 695. The summed E-state index contributed by atoms with van der Waals surface area (Å²) in [6.07, 6.45) is 1.91. The molecule has 2 aromatic heterocycles. The van der Waals surface area contributed by atoms with E-state index in [0.717, 1.165) is 30.0 Å². The largest absolute Gasteiger partial charge is 0.364 e. The first-order chi connectivity index (χ1) is 11.1. The van der Waals surface area contributed by atoms with Crippen LogP contribution in [0.25, 0.3) is 0 Å². The maximum absolute atomic E-state index is 12.7. The molecule has 2 amide bonds. The number of carbonyl (C=O) groups excluding carboxylic acids is 2. The highest BCUT2D eigenvalue weighted by Gasteiger charge is 2.29. The van der Waals surface area contributed by atoms with E-state index in [0.29, 0.717) is 6.54 Å². The third-order valence-corrected chi connectivity index (χ3v) is 5.42. The minimum absolute atomic E-state index is 0.114. The Balaban J connectivity index is 1.70. The molecule has 0 spiro atoms. The smallest absolute Gasteiger partial charge is 0.269 e. The van der Waals surface area contributed by atoms with Crippen LogP contribution in [0.1, 0.15) is 52.7 Å². The molecule has 23 heavy (non-hydrogen) atoms. The van der Waals surface area contributed by atoms with Crippen molar-refractivity contribution < 1.29 is 9.59 Å². The van der Waals surface area contributed by atoms with Gasteiger partial charge in [0, 0.05) is 29.6 Å². The first kappa shape index (κ1) is 15.7. The number of hydrogen-bond donors (Lipinski definition) is 2. The third-order valence-electron chi connectivity index (χ3n) is 4.36. The molecule has 1 saturated heterocycles. The van der Waals surface area contributed by atoms with Crippen molar-refractivity contribution >= 4 is 23.2 Å². The van der Waals surface area contributed by atoms with Crippen LogP contribution in [0.4, 0.5) is 0 Å². The summed E-state index contributed by atoms with van der Waals surface area (Å²) < 4.78 is 0. The zero-order valence-corrected chi connectivity index (χ0v) is 13.8. The molecule has 122 valence electrons. The van der Waals surface area contributed by atoms with Crippen LogP contribution in [0.15, 0.2) is 23.6 Å². The fourth-order valence-corrected chi connectivity index (χ4v) is 3.81. The van der Waals surface area contributed by atoms with Crippen molar-refractivity contribution in [2.75, 3.05) is 13.1 Å². The van der Waals surface area contributed by atoms with Crippen LogP contribution in [0, 0.1) is 0 Å². The van der Waals surface area contributed by atoms with Gasteiger partial charge in [0.1, 0.15) is 5.69 Å². The van der Waals surface area contributed by atoms with Gasteiger partial charge in [0.15, 0.2) is 0 Å². The lowest BCUT2D eigenvalue weighted by Crippen LogP contribution is -2.41. The fourth-order valence-electron chi connectivity index (χ4n) is 3.04. The van der Waals surface area contributed by atoms with E-state index in [1.54, 1.807) is 17.4 Å². The summed E-state index contributed by atoms with van der Waals surface area (Å²) in [6, 6.07) is 5.67. The third kappa shape index (κ3) is 3.29. The van der Waals surface area contributed by atoms with Crippen molar-refractivity contribution in [2.45, 2.75) is 31.6 Å². The molecule has 3 heterocycles. The Labute approximate surface area is 138 Å². The van der Waals surface area contributed by atoms with Gasteiger partial charge in [0.25, 0.3) is 5.91 Å². The summed E-state index contributed by atoms with van der Waals surface area (Å²) in [7, 11) is 0. The second kappa shape index (κ2) is 6.54. The number of amides is 2. The van der Waals surface area contributed by atoms with Crippen LogP contribution in [-0.2, 0) is 4.79 Å². The highest BCUT2D eigenvalue weighted by molar-refractivity contribution is 7.10. The fraction of sp³-hybridized carbons (Fsp3) is 0.438. The monoisotopic (exact) mass is 332 g/mol. The van der Waals surface area contributed by atoms with Gasteiger partial charge in [-0.2, -0.15) is 5.10 Å². The molecule has 2 atom stereocenters. The molecular formula is C16H20N4O2S. The molecule has 0 saturated carbocycles. The number of H-pyrrole nitrogens is 1. The number of aromatic nitrogens is 2. The number of nitrogens with one attached hydrogen (secondary N) is 1. The maximum atomic E-state index is 12.7. The van der Waals surface area contributed by atoms with E-state index in [9.17, 15) is 9.59 Å². The molecule has 0 bridgehead atoms. The van der Waals surface area contributed by atoms with Gasteiger partial charge in [-0.3, -0.25) is 14.7 Å². The normalized spacial score (nSPS) is 19.5. The van der Waals surface area contributed by atoms with Crippen LogP contribution in [0.3, 0.4) is 0 Å². The molecule has 1 aliphatic rings. The number of nitrogens with two attached hydrogens (primary N) is 1. The lowest BCUT2D eigenvalue weighted by atomic mass is 9.93. The average Bonchev–Trinajstić information content (AvgIpc) is 3.25. The molecule has 2 aromatic rings. The van der Waals surface area contributed by atoms with Gasteiger partial charge in [0.2, 0.25) is 5.91 Å². The quantitative estimate of drug-likeness (QED) is 0.898. The molecule has 1 fully saturated rings. The molecule has 3 rings (SSSR count). The maximum Gasteiger partial charge on any atom is 0.269 e. The molecule has 1 aliphatic heterocycles. The van der Waals surface area contributed by atoms with Crippen LogP contribution in [0.2, 0.25) is 0 Å². The first-order valence-electron chi connectivity index (χ1n) is 7.73. The van der Waals surface area contributed by atoms with E-state index in [1.807, 2.05) is 29.3 Å². The molecule has 3 N–H and O–H groups in total. The van der Waals surface area contributed by atoms with Gasteiger partial charge in [-0.05, 0) is 37.3 Å². The van der Waals surface area contributed by atoms with Crippen LogP contribution in [0.5, 0.6) is 0 Å². The van der Waals surface area contributed by atoms with E-state index in [4.69, 9.17) is 5.73 Å². The van der Waals surface area contributed by atoms with E-state index in [1.165, 1.54) is 0 Å². The Hall–Kier alpha value is -2.15. The summed E-state index contributed by atoms with van der Waals surface area (Å²) in [6.45, 7) is 3.38. The standard InChI is InChI=1S/C16H20N4O2S/c1-10(14-5-3-7-23-14)16(22)20-6-2-4-11(9-20)12-8-13(15(17)21)19-18-12/h3,5,7-8,10-11H,2,4,6,9H2,1H3,(H2,17,21)(H,18,19)/t10-,11-/m1/s1. The van der Waals surface area contributed by atoms with Gasteiger partial charge in [0.05, 0.1) is 5.92 Å². The van der Waals surface area contributed by atoms with Gasteiger partial charge < -0.3 is 10.6 Å². The number of carbonyl (C=O) groups is 2. The Morgan fingerprint density at radius 1 is 1.52 bits per heavy atom. The lowest BCUT2D eigenvalue weighted by Gasteiger charge is -2.33. The van der Waals surface area contributed by atoms with Gasteiger partial charge >= 0.3 is 0 Å². The van der Waals surface area contributed by atoms with Crippen LogP contribution in [-0.4, -0.2) is 40.0 Å². The van der Waals surface area contributed by atoms with Crippen molar-refractivity contribution in [3.63, 3.8) is 0 Å². The van der Waals surface area contributed by atoms with Crippen molar-refractivity contribution in [1.82, 2.24) is 15.1 Å². The van der Waals surface area contributed by atoms with Crippen molar-refractivity contribution in [3.8, 4) is 0 Å². The number of thiophene rings is 1. The molecule has 7 heteroatoms. The highest BCUT2D eigenvalue weighted by atomic mass is 32.1. The zero-order valence-electron chi connectivity index (χ0n) is 13.0. The van der Waals surface area contributed by atoms with Gasteiger partial charge in [-0.15, -0.1) is 11.3 Å². The molecule has 0 aliphatic carbocycles. The molecule has 6 nitrogen and oxygen atoms in total. The zero-order chi connectivity index (χ0) is 16.4. The minimum atomic E-state index is -0.539. The van der Waals surface area contributed by atoms with Crippen LogP contribution >= 0.6 is 11.3 Å². The van der Waals surface area contributed by atoms with Crippen molar-refractivity contribution in [3.05, 3.63) is 39.8 Å².